The van der Waals surface area contributed by atoms with Gasteiger partial charge in [0, 0.05) is 25.7 Å². The highest BCUT2D eigenvalue weighted by molar-refractivity contribution is 7.47. The summed E-state index contributed by atoms with van der Waals surface area (Å²) in [5.41, 5.74) is 0. The number of phosphoric ester groups is 2. The number of rotatable bonds is 73. The van der Waals surface area contributed by atoms with E-state index in [1.54, 1.807) is 0 Å². The van der Waals surface area contributed by atoms with E-state index in [-0.39, 0.29) is 25.7 Å². The Morgan fingerprint density at radius 2 is 0.543 bits per heavy atom. The Labute approximate surface area is 575 Å². The lowest BCUT2D eigenvalue weighted by Gasteiger charge is -2.21. The molecule has 6 atom stereocenters. The minimum Gasteiger partial charge on any atom is -0.462 e. The number of aliphatic hydroxyl groups is 1. The Morgan fingerprint density at radius 3 is 0.809 bits per heavy atom. The molecule has 0 spiro atoms. The molecule has 0 aromatic heterocycles. The van der Waals surface area contributed by atoms with Gasteiger partial charge in [-0.1, -0.05) is 331 Å². The van der Waals surface area contributed by atoms with E-state index in [1.807, 2.05) is 0 Å². The molecule has 0 radical (unpaired) electrons. The average Bonchev–Trinajstić information content (AvgIpc) is 2.04. The van der Waals surface area contributed by atoms with Crippen LogP contribution in [0.4, 0.5) is 0 Å². The molecular formula is C75H146O17P2. The summed E-state index contributed by atoms with van der Waals surface area (Å²) in [4.78, 5) is 72.8. The molecule has 0 aliphatic carbocycles. The minimum atomic E-state index is -4.96. The summed E-state index contributed by atoms with van der Waals surface area (Å²) in [6.45, 7) is 11.8. The molecule has 0 fully saturated rings. The number of carbonyl (C=O) groups excluding carboxylic acids is 4. The first-order valence-electron chi connectivity index (χ1n) is 38.9. The zero-order valence-electron chi connectivity index (χ0n) is 61.4. The van der Waals surface area contributed by atoms with E-state index >= 15 is 0 Å². The van der Waals surface area contributed by atoms with Gasteiger partial charge in [0.15, 0.2) is 12.2 Å². The summed E-state index contributed by atoms with van der Waals surface area (Å²) in [5, 5.41) is 10.6. The van der Waals surface area contributed by atoms with Crippen molar-refractivity contribution in [2.75, 3.05) is 39.6 Å². The molecule has 0 aliphatic rings. The van der Waals surface area contributed by atoms with Crippen molar-refractivity contribution in [3.63, 3.8) is 0 Å². The molecule has 0 aromatic rings. The van der Waals surface area contributed by atoms with E-state index in [0.717, 1.165) is 114 Å². The Bertz CT molecular complexity index is 1840. The fourth-order valence-electron chi connectivity index (χ4n) is 11.4. The summed E-state index contributed by atoms with van der Waals surface area (Å²) in [7, 11) is -9.91. The number of hydrogen-bond donors (Lipinski definition) is 3. The number of phosphoric acid groups is 2. The van der Waals surface area contributed by atoms with Crippen molar-refractivity contribution >= 4 is 39.5 Å². The van der Waals surface area contributed by atoms with E-state index < -0.39 is 97.5 Å². The predicted octanol–water partition coefficient (Wildman–Crippen LogP) is 21.8. The first-order chi connectivity index (χ1) is 45.3. The third-order valence-corrected chi connectivity index (χ3v) is 19.6. The second-order valence-corrected chi connectivity index (χ2v) is 31.1. The first kappa shape index (κ1) is 92.1. The smallest absolute Gasteiger partial charge is 0.462 e. The molecule has 0 amide bonds. The highest BCUT2D eigenvalue weighted by atomic mass is 31.2. The van der Waals surface area contributed by atoms with E-state index in [0.29, 0.717) is 25.7 Å². The molecule has 0 bridgehead atoms. The normalized spacial score (nSPS) is 14.4. The Hall–Kier alpha value is -1.94. The second kappa shape index (κ2) is 65.7. The Balaban J connectivity index is 5.25. The van der Waals surface area contributed by atoms with Crippen LogP contribution in [0, 0.1) is 17.8 Å². The van der Waals surface area contributed by atoms with Gasteiger partial charge in [-0.15, -0.1) is 0 Å². The van der Waals surface area contributed by atoms with Crippen molar-refractivity contribution < 1.29 is 80.2 Å². The van der Waals surface area contributed by atoms with Gasteiger partial charge in [-0.25, -0.2) is 9.13 Å². The van der Waals surface area contributed by atoms with Crippen molar-refractivity contribution in [1.82, 2.24) is 0 Å². The summed E-state index contributed by atoms with van der Waals surface area (Å²) in [6, 6.07) is 0. The van der Waals surface area contributed by atoms with Crippen molar-refractivity contribution in [3.05, 3.63) is 0 Å². The van der Waals surface area contributed by atoms with Crippen molar-refractivity contribution in [2.24, 2.45) is 17.8 Å². The third-order valence-electron chi connectivity index (χ3n) is 17.7. The molecule has 3 N–H and O–H groups in total. The van der Waals surface area contributed by atoms with Gasteiger partial charge in [0.2, 0.25) is 0 Å². The monoisotopic (exact) mass is 1380 g/mol. The maximum absolute atomic E-state index is 13.1. The van der Waals surface area contributed by atoms with Crippen LogP contribution in [0.5, 0.6) is 0 Å². The molecule has 558 valence electrons. The van der Waals surface area contributed by atoms with Crippen LogP contribution >= 0.6 is 15.6 Å². The van der Waals surface area contributed by atoms with Crippen LogP contribution in [-0.4, -0.2) is 96.7 Å². The molecule has 0 saturated heterocycles. The summed E-state index contributed by atoms with van der Waals surface area (Å²) < 4.78 is 68.5. The molecule has 17 nitrogen and oxygen atoms in total. The average molecular weight is 1380 g/mol. The molecule has 0 rings (SSSR count). The van der Waals surface area contributed by atoms with E-state index in [2.05, 4.69) is 48.5 Å². The highest BCUT2D eigenvalue weighted by Gasteiger charge is 2.30. The molecule has 94 heavy (non-hydrogen) atoms. The number of hydrogen-bond acceptors (Lipinski definition) is 15. The lowest BCUT2D eigenvalue weighted by atomic mass is 10.00. The SMILES string of the molecule is CCCCCCCCCCCCCCCCCCCCC(=O)O[C@H](COC(=O)CCCCCCCCCCCCC(C)C)COP(=O)(O)OC[C@@H](O)COP(=O)(O)OC[C@@H](COC(=O)CCCCCCCCC(C)CC)OC(=O)CCCCCCCCCCCCC(C)C. The third kappa shape index (κ3) is 67.3. The van der Waals surface area contributed by atoms with Crippen LogP contribution in [-0.2, 0) is 65.4 Å². The Morgan fingerprint density at radius 1 is 0.309 bits per heavy atom. The van der Waals surface area contributed by atoms with Crippen LogP contribution in [0.15, 0.2) is 0 Å². The van der Waals surface area contributed by atoms with Gasteiger partial charge in [0.1, 0.15) is 19.3 Å². The summed E-state index contributed by atoms with van der Waals surface area (Å²) in [5.74, 6) is 0.121. The zero-order chi connectivity index (χ0) is 69.4. The van der Waals surface area contributed by atoms with Gasteiger partial charge in [0.05, 0.1) is 26.4 Å². The maximum atomic E-state index is 13.1. The highest BCUT2D eigenvalue weighted by Crippen LogP contribution is 2.45. The molecule has 0 saturated carbocycles. The summed E-state index contributed by atoms with van der Waals surface area (Å²) >= 11 is 0. The number of aliphatic hydroxyl groups excluding tert-OH is 1. The minimum absolute atomic E-state index is 0.105. The Kier molecular flexibility index (Phi) is 64.3. The van der Waals surface area contributed by atoms with Gasteiger partial charge >= 0.3 is 39.5 Å². The quantitative estimate of drug-likeness (QED) is 0.0222. The van der Waals surface area contributed by atoms with Crippen molar-refractivity contribution in [1.29, 1.82) is 0 Å². The molecular weight excluding hydrogens is 1230 g/mol. The lowest BCUT2D eigenvalue weighted by Crippen LogP contribution is -2.30. The van der Waals surface area contributed by atoms with Crippen LogP contribution in [0.1, 0.15) is 382 Å². The van der Waals surface area contributed by atoms with Gasteiger partial charge in [-0.2, -0.15) is 0 Å². The maximum Gasteiger partial charge on any atom is 0.472 e. The molecule has 0 heterocycles. The summed E-state index contributed by atoms with van der Waals surface area (Å²) in [6.07, 6.45) is 51.4. The molecule has 0 aliphatic heterocycles. The first-order valence-corrected chi connectivity index (χ1v) is 41.9. The predicted molar refractivity (Wildman–Crippen MR) is 381 cm³/mol. The molecule has 3 unspecified atom stereocenters. The van der Waals surface area contributed by atoms with Gasteiger partial charge in [0.25, 0.3) is 0 Å². The molecule has 0 aromatic carbocycles. The standard InChI is InChI=1S/C75H146O17P2/c1-8-10-11-12-13-14-15-16-17-18-19-20-21-22-30-35-44-51-58-74(79)91-70(62-85-72(77)56-49-42-34-29-25-23-27-32-39-46-53-66(3)4)64-89-93(81,82)87-60-69(76)61-88-94(83,84)90-65-71(63-86-73(78)57-50-43-38-37-41-48-55-68(7)9-2)92-75(80)59-52-45-36-31-26-24-28-33-40-47-54-67(5)6/h66-71,76H,8-65H2,1-7H3,(H,81,82)(H,83,84)/t68?,69-,70-,71-/m1/s1. The second-order valence-electron chi connectivity index (χ2n) is 28.2. The number of unbranched alkanes of at least 4 members (excludes halogenated alkanes) is 40. The van der Waals surface area contributed by atoms with E-state index in [4.69, 9.17) is 37.0 Å². The zero-order valence-corrected chi connectivity index (χ0v) is 63.2. The van der Waals surface area contributed by atoms with Crippen molar-refractivity contribution in [3.8, 4) is 0 Å². The fraction of sp³-hybridized carbons (Fsp3) is 0.947. The lowest BCUT2D eigenvalue weighted by molar-refractivity contribution is -0.161. The number of carbonyl (C=O) groups is 4. The number of ether oxygens (including phenoxy) is 4. The largest absolute Gasteiger partial charge is 0.472 e. The topological polar surface area (TPSA) is 237 Å². The van der Waals surface area contributed by atoms with Crippen LogP contribution in [0.25, 0.3) is 0 Å². The van der Waals surface area contributed by atoms with E-state index in [1.165, 1.54) is 186 Å². The van der Waals surface area contributed by atoms with Crippen LogP contribution in [0.2, 0.25) is 0 Å². The van der Waals surface area contributed by atoms with Crippen molar-refractivity contribution in [2.45, 2.75) is 401 Å². The van der Waals surface area contributed by atoms with Gasteiger partial charge < -0.3 is 33.8 Å². The van der Waals surface area contributed by atoms with E-state index in [9.17, 15) is 43.2 Å². The molecule has 19 heteroatoms. The van der Waals surface area contributed by atoms with Crippen LogP contribution < -0.4 is 0 Å². The number of esters is 4. The van der Waals surface area contributed by atoms with Crippen LogP contribution in [0.3, 0.4) is 0 Å². The fourth-order valence-corrected chi connectivity index (χ4v) is 13.0. The van der Waals surface area contributed by atoms with Gasteiger partial charge in [-0.3, -0.25) is 37.3 Å². The van der Waals surface area contributed by atoms with Gasteiger partial charge in [-0.05, 0) is 43.4 Å².